The van der Waals surface area contributed by atoms with E-state index >= 15 is 0 Å². The molecule has 178 valence electrons. The van der Waals surface area contributed by atoms with Crippen molar-refractivity contribution in [2.45, 2.75) is 13.5 Å². The van der Waals surface area contributed by atoms with Gasteiger partial charge in [0, 0.05) is 91.5 Å². The minimum Gasteiger partial charge on any atom is -0.497 e. The fraction of sp³-hybridized carbons (Fsp3) is 0.652. The topological polar surface area (TPSA) is 72.9 Å². The lowest BCUT2D eigenvalue weighted by Gasteiger charge is -2.37. The molecule has 3 rings (SSSR count). The van der Waals surface area contributed by atoms with Crippen molar-refractivity contribution in [2.75, 3.05) is 86.7 Å². The molecule has 9 heteroatoms. The molecule has 0 atom stereocenters. The maximum Gasteiger partial charge on any atom is 0.219 e. The van der Waals surface area contributed by atoms with Crippen molar-refractivity contribution >= 4 is 11.9 Å². The van der Waals surface area contributed by atoms with Gasteiger partial charge in [0.2, 0.25) is 5.91 Å². The van der Waals surface area contributed by atoms with Crippen LogP contribution in [0.5, 0.6) is 11.5 Å². The first-order valence-corrected chi connectivity index (χ1v) is 11.4. The van der Waals surface area contributed by atoms with Gasteiger partial charge in [-0.3, -0.25) is 19.6 Å². The van der Waals surface area contributed by atoms with Crippen LogP contribution in [0, 0.1) is 0 Å². The van der Waals surface area contributed by atoms with E-state index in [1.165, 1.54) is 0 Å². The van der Waals surface area contributed by atoms with Crippen LogP contribution in [0.3, 0.4) is 0 Å². The van der Waals surface area contributed by atoms with Crippen molar-refractivity contribution in [1.29, 1.82) is 0 Å². The molecule has 1 amide bonds. The maximum atomic E-state index is 11.5. The van der Waals surface area contributed by atoms with Crippen LogP contribution in [0.2, 0.25) is 0 Å². The number of nitrogens with zero attached hydrogens (tertiary/aromatic N) is 5. The van der Waals surface area contributed by atoms with Crippen LogP contribution in [-0.4, -0.2) is 118 Å². The van der Waals surface area contributed by atoms with Gasteiger partial charge in [-0.05, 0) is 18.2 Å². The highest BCUT2D eigenvalue weighted by molar-refractivity contribution is 5.80. The van der Waals surface area contributed by atoms with Crippen LogP contribution in [-0.2, 0) is 11.3 Å². The molecule has 1 aromatic carbocycles. The van der Waals surface area contributed by atoms with Crippen molar-refractivity contribution in [3.63, 3.8) is 0 Å². The van der Waals surface area contributed by atoms with E-state index in [0.717, 1.165) is 95.0 Å². The Bertz CT molecular complexity index is 771. The smallest absolute Gasteiger partial charge is 0.219 e. The van der Waals surface area contributed by atoms with E-state index in [1.54, 1.807) is 21.1 Å². The molecule has 1 N–H and O–H groups in total. The second-order valence-electron chi connectivity index (χ2n) is 8.26. The van der Waals surface area contributed by atoms with Crippen LogP contribution < -0.4 is 14.8 Å². The molecule has 9 nitrogen and oxygen atoms in total. The summed E-state index contributed by atoms with van der Waals surface area (Å²) in [5.74, 6) is 2.89. The van der Waals surface area contributed by atoms with Gasteiger partial charge in [-0.15, -0.1) is 0 Å². The molecule has 0 aromatic heterocycles. The van der Waals surface area contributed by atoms with Gasteiger partial charge in [-0.25, -0.2) is 0 Å². The molecule has 32 heavy (non-hydrogen) atoms. The van der Waals surface area contributed by atoms with E-state index in [9.17, 15) is 4.79 Å². The Kier molecular flexibility index (Phi) is 8.99. The maximum absolute atomic E-state index is 11.5. The van der Waals surface area contributed by atoms with Crippen molar-refractivity contribution in [2.24, 2.45) is 4.99 Å². The number of piperazine rings is 2. The minimum atomic E-state index is 0.173. The summed E-state index contributed by atoms with van der Waals surface area (Å²) in [4.78, 5) is 25.0. The third kappa shape index (κ3) is 6.49. The third-order valence-electron chi connectivity index (χ3n) is 6.29. The monoisotopic (exact) mass is 446 g/mol. The molecule has 0 saturated carbocycles. The van der Waals surface area contributed by atoms with E-state index in [1.807, 2.05) is 24.1 Å². The largest absolute Gasteiger partial charge is 0.497 e. The van der Waals surface area contributed by atoms with E-state index in [-0.39, 0.29) is 5.91 Å². The molecule has 1 aromatic rings. The molecule has 0 aliphatic carbocycles. The number of carbonyl (C=O) groups excluding carboxylic acids is 1. The van der Waals surface area contributed by atoms with Crippen molar-refractivity contribution in [3.05, 3.63) is 23.8 Å². The van der Waals surface area contributed by atoms with Gasteiger partial charge in [-0.1, -0.05) is 0 Å². The SMILES string of the molecule is CN=C(NCCN1CCN(C(C)=O)CC1)N1CCN(Cc2cc(OC)ccc2OC)CC1. The molecule has 2 fully saturated rings. The summed E-state index contributed by atoms with van der Waals surface area (Å²) in [6.45, 7) is 11.6. The highest BCUT2D eigenvalue weighted by Crippen LogP contribution is 2.25. The predicted octanol–water partition coefficient (Wildman–Crippen LogP) is 0.561. The second-order valence-corrected chi connectivity index (χ2v) is 8.26. The van der Waals surface area contributed by atoms with Gasteiger partial charge in [-0.2, -0.15) is 0 Å². The second kappa shape index (κ2) is 11.9. The lowest BCUT2D eigenvalue weighted by atomic mass is 10.1. The van der Waals surface area contributed by atoms with E-state index in [2.05, 4.69) is 31.1 Å². The molecule has 0 unspecified atom stereocenters. The predicted molar refractivity (Wildman–Crippen MR) is 126 cm³/mol. The van der Waals surface area contributed by atoms with E-state index in [4.69, 9.17) is 9.47 Å². The molecule has 2 aliphatic heterocycles. The average Bonchev–Trinajstić information content (AvgIpc) is 2.82. The number of ether oxygens (including phenoxy) is 2. The fourth-order valence-electron chi connectivity index (χ4n) is 4.31. The van der Waals surface area contributed by atoms with Crippen molar-refractivity contribution in [3.8, 4) is 11.5 Å². The lowest BCUT2D eigenvalue weighted by molar-refractivity contribution is -0.130. The van der Waals surface area contributed by atoms with E-state index < -0.39 is 0 Å². The van der Waals surface area contributed by atoms with Gasteiger partial charge in [0.25, 0.3) is 0 Å². The average molecular weight is 447 g/mol. The summed E-state index contributed by atoms with van der Waals surface area (Å²) >= 11 is 0. The zero-order valence-corrected chi connectivity index (χ0v) is 20.0. The molecule has 0 radical (unpaired) electrons. The summed E-state index contributed by atoms with van der Waals surface area (Å²) in [5.41, 5.74) is 1.15. The number of nitrogens with one attached hydrogen (secondary N) is 1. The zero-order valence-electron chi connectivity index (χ0n) is 20.0. The number of methoxy groups -OCH3 is 2. The molecule has 2 saturated heterocycles. The Balaban J connectivity index is 1.41. The van der Waals surface area contributed by atoms with Gasteiger partial charge in [0.15, 0.2) is 5.96 Å². The van der Waals surface area contributed by atoms with Gasteiger partial charge < -0.3 is 24.6 Å². The summed E-state index contributed by atoms with van der Waals surface area (Å²) < 4.78 is 10.9. The molecule has 0 bridgehead atoms. The summed E-state index contributed by atoms with van der Waals surface area (Å²) in [6.07, 6.45) is 0. The van der Waals surface area contributed by atoms with Crippen LogP contribution in [0.4, 0.5) is 0 Å². The van der Waals surface area contributed by atoms with Crippen molar-refractivity contribution < 1.29 is 14.3 Å². The lowest BCUT2D eigenvalue weighted by Crippen LogP contribution is -2.54. The number of rotatable bonds is 7. The zero-order chi connectivity index (χ0) is 22.9. The number of guanidine groups is 1. The van der Waals surface area contributed by atoms with Gasteiger partial charge >= 0.3 is 0 Å². The number of benzene rings is 1. The van der Waals surface area contributed by atoms with Crippen LogP contribution in [0.15, 0.2) is 23.2 Å². The fourth-order valence-corrected chi connectivity index (χ4v) is 4.31. The minimum absolute atomic E-state index is 0.173. The standard InChI is InChI=1S/C23H38N6O3/c1-19(30)28-13-9-26(10-14-28)8-7-25-23(24-2)29-15-11-27(12-16-29)18-20-17-21(31-3)5-6-22(20)32-4/h5-6,17H,7-16,18H2,1-4H3,(H,24,25). The first kappa shape index (κ1) is 24.1. The number of hydrogen-bond donors (Lipinski definition) is 1. The van der Waals surface area contributed by atoms with Crippen LogP contribution >= 0.6 is 0 Å². The number of carbonyl (C=O) groups is 1. The summed E-state index contributed by atoms with van der Waals surface area (Å²) in [6, 6.07) is 5.96. The van der Waals surface area contributed by atoms with Crippen molar-refractivity contribution in [1.82, 2.24) is 24.9 Å². The quantitative estimate of drug-likeness (QED) is 0.485. The van der Waals surface area contributed by atoms with Gasteiger partial charge in [0.05, 0.1) is 14.2 Å². The Morgan fingerprint density at radius 3 is 2.22 bits per heavy atom. The molecule has 2 aliphatic rings. The molecule has 2 heterocycles. The summed E-state index contributed by atoms with van der Waals surface area (Å²) in [7, 11) is 5.25. The molecular formula is C23H38N6O3. The summed E-state index contributed by atoms with van der Waals surface area (Å²) in [5, 5.41) is 3.52. The Labute approximate surface area is 191 Å². The first-order chi connectivity index (χ1) is 15.5. The highest BCUT2D eigenvalue weighted by atomic mass is 16.5. The number of aliphatic imine (C=N–C) groups is 1. The Hall–Kier alpha value is -2.52. The first-order valence-electron chi connectivity index (χ1n) is 11.4. The highest BCUT2D eigenvalue weighted by Gasteiger charge is 2.22. The Morgan fingerprint density at radius 1 is 0.969 bits per heavy atom. The van der Waals surface area contributed by atoms with Crippen LogP contribution in [0.25, 0.3) is 0 Å². The van der Waals surface area contributed by atoms with Crippen LogP contribution in [0.1, 0.15) is 12.5 Å². The number of hydrogen-bond acceptors (Lipinski definition) is 6. The number of amides is 1. The van der Waals surface area contributed by atoms with Gasteiger partial charge in [0.1, 0.15) is 11.5 Å². The Morgan fingerprint density at radius 2 is 1.62 bits per heavy atom. The molecular weight excluding hydrogens is 408 g/mol. The van der Waals surface area contributed by atoms with E-state index in [0.29, 0.717) is 0 Å². The normalized spacial score (nSPS) is 18.6. The third-order valence-corrected chi connectivity index (χ3v) is 6.29. The molecule has 0 spiro atoms.